The Morgan fingerprint density at radius 3 is 2.32 bits per heavy atom. The van der Waals surface area contributed by atoms with E-state index < -0.39 is 5.97 Å². The van der Waals surface area contributed by atoms with Gasteiger partial charge in [-0.3, -0.25) is 4.79 Å². The maximum atomic E-state index is 12.3. The summed E-state index contributed by atoms with van der Waals surface area (Å²) in [6, 6.07) is 13.3. The first kappa shape index (κ1) is 16.0. The van der Waals surface area contributed by atoms with Crippen LogP contribution in [0.3, 0.4) is 0 Å². The fourth-order valence-corrected chi connectivity index (χ4v) is 1.99. The lowest BCUT2D eigenvalue weighted by atomic mass is 10.1. The van der Waals surface area contributed by atoms with Crippen molar-refractivity contribution in [2.24, 2.45) is 0 Å². The van der Waals surface area contributed by atoms with Gasteiger partial charge in [-0.1, -0.05) is 30.7 Å². The zero-order valence-corrected chi connectivity index (χ0v) is 12.9. The van der Waals surface area contributed by atoms with Crippen LogP contribution in [-0.2, 0) is 4.74 Å². The molecule has 2 aromatic rings. The molecule has 0 unspecified atom stereocenters. The van der Waals surface area contributed by atoms with Crippen LogP contribution >= 0.6 is 11.6 Å². The second kappa shape index (κ2) is 7.61. The third-order valence-corrected chi connectivity index (χ3v) is 3.18. The standard InChI is InChI=1S/C17H16ClNO3/c1-2-11-22-17(21)15-6-4-3-5-14(15)16(20)19-13-9-7-12(18)8-10-13/h3-10H,2,11H2,1H3,(H,19,20). The first-order valence-electron chi connectivity index (χ1n) is 6.95. The van der Waals surface area contributed by atoms with Crippen molar-refractivity contribution >= 4 is 29.2 Å². The molecule has 5 heteroatoms. The van der Waals surface area contributed by atoms with Crippen LogP contribution in [0.5, 0.6) is 0 Å². The molecular weight excluding hydrogens is 302 g/mol. The molecule has 114 valence electrons. The van der Waals surface area contributed by atoms with Crippen molar-refractivity contribution in [2.75, 3.05) is 11.9 Å². The summed E-state index contributed by atoms with van der Waals surface area (Å²) in [6.45, 7) is 2.23. The van der Waals surface area contributed by atoms with Gasteiger partial charge in [-0.05, 0) is 42.8 Å². The zero-order valence-electron chi connectivity index (χ0n) is 12.1. The van der Waals surface area contributed by atoms with Gasteiger partial charge in [-0.25, -0.2) is 4.79 Å². The number of hydrogen-bond acceptors (Lipinski definition) is 3. The molecule has 0 aliphatic carbocycles. The summed E-state index contributed by atoms with van der Waals surface area (Å²) in [7, 11) is 0. The van der Waals surface area contributed by atoms with E-state index >= 15 is 0 Å². The van der Waals surface area contributed by atoms with Gasteiger partial charge >= 0.3 is 5.97 Å². The van der Waals surface area contributed by atoms with Gasteiger partial charge in [-0.15, -0.1) is 0 Å². The molecule has 0 atom stereocenters. The smallest absolute Gasteiger partial charge is 0.338 e. The Morgan fingerprint density at radius 2 is 1.68 bits per heavy atom. The molecule has 0 spiro atoms. The molecule has 0 aliphatic rings. The highest BCUT2D eigenvalue weighted by Crippen LogP contribution is 2.16. The topological polar surface area (TPSA) is 55.4 Å². The number of ether oxygens (including phenoxy) is 1. The summed E-state index contributed by atoms with van der Waals surface area (Å²) in [4.78, 5) is 24.4. The van der Waals surface area contributed by atoms with Gasteiger partial charge in [0.15, 0.2) is 0 Å². The molecule has 22 heavy (non-hydrogen) atoms. The molecule has 0 bridgehead atoms. The fourth-order valence-electron chi connectivity index (χ4n) is 1.86. The SMILES string of the molecule is CCCOC(=O)c1ccccc1C(=O)Nc1ccc(Cl)cc1. The van der Waals surface area contributed by atoms with Crippen LogP contribution in [0.15, 0.2) is 48.5 Å². The molecule has 1 amide bonds. The number of benzene rings is 2. The molecule has 0 aromatic heterocycles. The van der Waals surface area contributed by atoms with Crippen molar-refractivity contribution in [2.45, 2.75) is 13.3 Å². The number of nitrogens with one attached hydrogen (secondary N) is 1. The molecule has 4 nitrogen and oxygen atoms in total. The summed E-state index contributed by atoms with van der Waals surface area (Å²) in [5.41, 5.74) is 1.13. The van der Waals surface area contributed by atoms with Crippen molar-refractivity contribution < 1.29 is 14.3 Å². The lowest BCUT2D eigenvalue weighted by molar-refractivity contribution is 0.0502. The molecule has 2 aromatic carbocycles. The highest BCUT2D eigenvalue weighted by atomic mass is 35.5. The summed E-state index contributed by atoms with van der Waals surface area (Å²) >= 11 is 5.81. The van der Waals surface area contributed by atoms with Crippen molar-refractivity contribution in [3.8, 4) is 0 Å². The van der Waals surface area contributed by atoms with Crippen LogP contribution in [0.4, 0.5) is 5.69 Å². The fraction of sp³-hybridized carbons (Fsp3) is 0.176. The van der Waals surface area contributed by atoms with E-state index in [9.17, 15) is 9.59 Å². The second-order valence-electron chi connectivity index (χ2n) is 4.64. The van der Waals surface area contributed by atoms with Crippen molar-refractivity contribution in [1.29, 1.82) is 0 Å². The maximum absolute atomic E-state index is 12.3. The predicted octanol–water partition coefficient (Wildman–Crippen LogP) is 4.16. The monoisotopic (exact) mass is 317 g/mol. The van der Waals surface area contributed by atoms with Gasteiger partial charge in [0.25, 0.3) is 5.91 Å². The lowest BCUT2D eigenvalue weighted by Crippen LogP contribution is -2.17. The normalized spacial score (nSPS) is 10.1. The number of rotatable bonds is 5. The Morgan fingerprint density at radius 1 is 1.05 bits per heavy atom. The van der Waals surface area contributed by atoms with Gasteiger partial charge in [0.1, 0.15) is 0 Å². The minimum atomic E-state index is -0.497. The average molecular weight is 318 g/mol. The Labute approximate surface area is 134 Å². The second-order valence-corrected chi connectivity index (χ2v) is 5.08. The summed E-state index contributed by atoms with van der Waals surface area (Å²) in [6.07, 6.45) is 0.727. The summed E-state index contributed by atoms with van der Waals surface area (Å²) in [5.74, 6) is -0.866. The molecular formula is C17H16ClNO3. The first-order valence-corrected chi connectivity index (χ1v) is 7.32. The lowest BCUT2D eigenvalue weighted by Gasteiger charge is -2.10. The number of esters is 1. The van der Waals surface area contributed by atoms with Crippen molar-refractivity contribution in [3.05, 3.63) is 64.7 Å². The predicted molar refractivity (Wildman–Crippen MR) is 86.4 cm³/mol. The quantitative estimate of drug-likeness (QED) is 0.842. The zero-order chi connectivity index (χ0) is 15.9. The van der Waals surface area contributed by atoms with Crippen LogP contribution in [0.25, 0.3) is 0 Å². The number of carbonyl (C=O) groups is 2. The van der Waals surface area contributed by atoms with E-state index in [1.807, 2.05) is 6.92 Å². The van der Waals surface area contributed by atoms with Gasteiger partial charge in [0, 0.05) is 10.7 Å². The van der Waals surface area contributed by atoms with Gasteiger partial charge in [-0.2, -0.15) is 0 Å². The van der Waals surface area contributed by atoms with Crippen LogP contribution < -0.4 is 5.32 Å². The van der Waals surface area contributed by atoms with Crippen LogP contribution in [0.2, 0.25) is 5.02 Å². The molecule has 0 fully saturated rings. The van der Waals surface area contributed by atoms with E-state index in [1.54, 1.807) is 48.5 Å². The Bertz CT molecular complexity index is 668. The van der Waals surface area contributed by atoms with Crippen LogP contribution in [0.1, 0.15) is 34.1 Å². The number of hydrogen-bond donors (Lipinski definition) is 1. The van der Waals surface area contributed by atoms with Crippen molar-refractivity contribution in [3.63, 3.8) is 0 Å². The van der Waals surface area contributed by atoms with Gasteiger partial charge in [0.05, 0.1) is 17.7 Å². The average Bonchev–Trinajstić information content (AvgIpc) is 2.54. The summed E-state index contributed by atoms with van der Waals surface area (Å²) in [5, 5.41) is 3.32. The van der Waals surface area contributed by atoms with Crippen molar-refractivity contribution in [1.82, 2.24) is 0 Å². The minimum Gasteiger partial charge on any atom is -0.462 e. The molecule has 0 saturated carbocycles. The molecule has 0 aliphatic heterocycles. The minimum absolute atomic E-state index is 0.252. The highest BCUT2D eigenvalue weighted by Gasteiger charge is 2.17. The molecule has 0 saturated heterocycles. The van der Waals surface area contributed by atoms with Gasteiger partial charge in [0.2, 0.25) is 0 Å². The largest absolute Gasteiger partial charge is 0.462 e. The van der Waals surface area contributed by atoms with Gasteiger partial charge < -0.3 is 10.1 Å². The van der Waals surface area contributed by atoms with E-state index in [0.717, 1.165) is 6.42 Å². The van der Waals surface area contributed by atoms with E-state index in [4.69, 9.17) is 16.3 Å². The first-order chi connectivity index (χ1) is 10.6. The van der Waals surface area contributed by atoms with E-state index in [2.05, 4.69) is 5.32 Å². The van der Waals surface area contributed by atoms with Crippen LogP contribution in [-0.4, -0.2) is 18.5 Å². The molecule has 0 radical (unpaired) electrons. The number of amides is 1. The van der Waals surface area contributed by atoms with E-state index in [-0.39, 0.29) is 17.0 Å². The van der Waals surface area contributed by atoms with E-state index in [1.165, 1.54) is 0 Å². The number of carbonyl (C=O) groups excluding carboxylic acids is 2. The molecule has 0 heterocycles. The van der Waals surface area contributed by atoms with E-state index in [0.29, 0.717) is 17.3 Å². The van der Waals surface area contributed by atoms with Crippen LogP contribution in [0, 0.1) is 0 Å². The number of anilines is 1. The summed E-state index contributed by atoms with van der Waals surface area (Å²) < 4.78 is 5.10. The Hall–Kier alpha value is -2.33. The maximum Gasteiger partial charge on any atom is 0.338 e. The Kier molecular flexibility index (Phi) is 5.55. The molecule has 1 N–H and O–H groups in total. The highest BCUT2D eigenvalue weighted by molar-refractivity contribution is 6.30. The Balaban J connectivity index is 2.19. The third kappa shape index (κ3) is 4.09. The number of halogens is 1. The molecule has 2 rings (SSSR count). The third-order valence-electron chi connectivity index (χ3n) is 2.93.